The first-order valence-electron chi connectivity index (χ1n) is 22.8. The number of allylic oxidation sites excluding steroid dienone is 2. The summed E-state index contributed by atoms with van der Waals surface area (Å²) in [6.07, 6.45) is 25.9. The van der Waals surface area contributed by atoms with Crippen LogP contribution in [0.5, 0.6) is 0 Å². The van der Waals surface area contributed by atoms with Crippen molar-refractivity contribution < 1.29 is 44.8 Å². The van der Waals surface area contributed by atoms with Crippen molar-refractivity contribution in [3.8, 4) is 22.3 Å². The predicted octanol–water partition coefficient (Wildman–Crippen LogP) is 10.3. The number of hydrogen-bond acceptors (Lipinski definition) is 0. The molecule has 4 aromatic carbocycles. The van der Waals surface area contributed by atoms with E-state index in [4.69, 9.17) is 0 Å². The number of benzene rings is 4. The van der Waals surface area contributed by atoms with Crippen molar-refractivity contribution >= 4 is 12.2 Å². The summed E-state index contributed by atoms with van der Waals surface area (Å²) in [5, 5.41) is 0. The second-order valence-electron chi connectivity index (χ2n) is 19.5. The molecule has 0 nitrogen and oxygen atoms in total. The Morgan fingerprint density at radius 3 is 1.18 bits per heavy atom. The first kappa shape index (κ1) is 41.5. The van der Waals surface area contributed by atoms with E-state index in [1.807, 2.05) is 11.1 Å². The fourth-order valence-corrected chi connectivity index (χ4v) is 49.0. The summed E-state index contributed by atoms with van der Waals surface area (Å²) in [6, 6.07) is 34.6. The molecule has 4 fully saturated rings. The van der Waals surface area contributed by atoms with Gasteiger partial charge in [0.1, 0.15) is 0 Å². The Hall–Kier alpha value is -2.19. The van der Waals surface area contributed by atoms with Crippen LogP contribution in [0.2, 0.25) is 7.35 Å². The van der Waals surface area contributed by atoms with Crippen molar-refractivity contribution in [2.45, 2.75) is 144 Å². The molecule has 3 heteroatoms. The summed E-state index contributed by atoms with van der Waals surface area (Å²) in [6.45, 7) is 9.29. The minimum absolute atomic E-state index is 0. The second kappa shape index (κ2) is 17.1. The molecule has 4 aromatic rings. The van der Waals surface area contributed by atoms with Crippen LogP contribution in [0.15, 0.2) is 96.1 Å². The summed E-state index contributed by atoms with van der Waals surface area (Å²) in [4.78, 5) is 0. The smallest absolute Gasteiger partial charge is 1.00 e. The summed E-state index contributed by atoms with van der Waals surface area (Å²) in [5.41, 5.74) is 19.4. The molecule has 0 aromatic heterocycles. The minimum atomic E-state index is -3.38. The van der Waals surface area contributed by atoms with E-state index in [2.05, 4.69) is 125 Å². The maximum Gasteiger partial charge on any atom is -1.00 e. The molecule has 57 heavy (non-hydrogen) atoms. The molecule has 0 amide bonds. The standard InChI is InChI=1S/2C24H27.C6H10.2ClH.Hf/c2*1-17(2)18-11-13-20(14-12-18)23-10-6-9-21-15-22(16-24(21)23)19-7-4-3-5-8-19;1-2-4-6-5-3-1;;;/h2*6,9-17,19H,3-5,7-8H2,1-2H3;1-2H,3-6H2;2*1H;/q;;;;;+2/p-2. The Morgan fingerprint density at radius 1 is 0.439 bits per heavy atom. The fraction of sp³-hybridized carbons (Fsp3) is 0.481. The van der Waals surface area contributed by atoms with Gasteiger partial charge in [0.05, 0.1) is 0 Å². The quantitative estimate of drug-likeness (QED) is 0.154. The molecule has 0 spiro atoms. The van der Waals surface area contributed by atoms with Gasteiger partial charge in [-0.3, -0.25) is 0 Å². The molecule has 0 N–H and O–H groups in total. The van der Waals surface area contributed by atoms with E-state index >= 15 is 0 Å². The molecule has 6 aliphatic rings. The van der Waals surface area contributed by atoms with Crippen LogP contribution in [0.4, 0.5) is 0 Å². The van der Waals surface area contributed by atoms with Crippen molar-refractivity contribution in [2.24, 2.45) is 11.8 Å². The zero-order valence-electron chi connectivity index (χ0n) is 35.0. The van der Waals surface area contributed by atoms with E-state index in [0.717, 1.165) is 26.5 Å². The number of fused-ring (bicyclic) bond motifs is 3. The van der Waals surface area contributed by atoms with Crippen molar-refractivity contribution in [3.63, 3.8) is 0 Å². The molecular weight excluding hydrogens is 898 g/mol. The summed E-state index contributed by atoms with van der Waals surface area (Å²) >= 11 is -3.38. The maximum atomic E-state index is 2.86. The van der Waals surface area contributed by atoms with Crippen LogP contribution in [0.1, 0.15) is 170 Å². The summed E-state index contributed by atoms with van der Waals surface area (Å²) in [7, 11) is 0. The van der Waals surface area contributed by atoms with Crippen molar-refractivity contribution in [1.29, 1.82) is 0 Å². The van der Waals surface area contributed by atoms with E-state index < -0.39 is 20.0 Å². The van der Waals surface area contributed by atoms with Gasteiger partial charge in [-0.15, -0.1) is 0 Å². The van der Waals surface area contributed by atoms with E-state index in [0.29, 0.717) is 11.8 Å². The van der Waals surface area contributed by atoms with E-state index in [9.17, 15) is 0 Å². The Kier molecular flexibility index (Phi) is 12.4. The van der Waals surface area contributed by atoms with Gasteiger partial charge in [0.2, 0.25) is 0 Å². The summed E-state index contributed by atoms with van der Waals surface area (Å²) < 4.78 is 3.56. The average molecular weight is 963 g/mol. The Bertz CT molecular complexity index is 1950. The molecule has 298 valence electrons. The molecule has 5 aliphatic carbocycles. The van der Waals surface area contributed by atoms with Crippen LogP contribution in [0, 0.1) is 11.8 Å². The van der Waals surface area contributed by atoms with Crippen LogP contribution >= 0.6 is 0 Å². The zero-order valence-corrected chi connectivity index (χ0v) is 40.1. The van der Waals surface area contributed by atoms with Crippen molar-refractivity contribution in [2.75, 3.05) is 0 Å². The summed E-state index contributed by atoms with van der Waals surface area (Å²) in [5.74, 6) is 2.67. The third-order valence-corrected chi connectivity index (χ3v) is 40.7. The molecule has 4 atom stereocenters. The number of rotatable bonds is 8. The minimum Gasteiger partial charge on any atom is -1.00 e. The molecule has 4 unspecified atom stereocenters. The maximum absolute atomic E-state index is 3.38. The van der Waals surface area contributed by atoms with E-state index in [1.165, 1.54) is 123 Å². The molecule has 1 saturated heterocycles. The Labute approximate surface area is 362 Å². The third kappa shape index (κ3) is 7.08. The topological polar surface area (TPSA) is 0 Å². The van der Waals surface area contributed by atoms with Gasteiger partial charge in [-0.25, -0.2) is 0 Å². The van der Waals surface area contributed by atoms with E-state index in [-0.39, 0.29) is 24.8 Å². The Balaban J connectivity index is 0.00000228. The first-order valence-corrected chi connectivity index (χ1v) is 31.1. The van der Waals surface area contributed by atoms with Gasteiger partial charge in [0.15, 0.2) is 0 Å². The van der Waals surface area contributed by atoms with Crippen LogP contribution in [-0.2, 0) is 20.0 Å². The molecule has 1 aliphatic heterocycles. The normalized spacial score (nSPS) is 25.7. The zero-order chi connectivity index (χ0) is 37.3. The van der Waals surface area contributed by atoms with Crippen LogP contribution in [-0.4, -0.2) is 0 Å². The predicted molar refractivity (Wildman–Crippen MR) is 232 cm³/mol. The number of hydrogen-bond donors (Lipinski definition) is 0. The molecule has 3 saturated carbocycles. The second-order valence-corrected chi connectivity index (χ2v) is 36.2. The van der Waals surface area contributed by atoms with Crippen LogP contribution < -0.4 is 24.8 Å². The fourth-order valence-electron chi connectivity index (χ4n) is 13.4. The van der Waals surface area contributed by atoms with Gasteiger partial charge >= 0.3 is 340 Å². The SMILES string of the molecule is CC(C)c1ccc(-c2cccc3c2C=C(C2CCCCC2)[CH]3[Hf+2]2([CH]3C(C4CCCCC4)=Cc4c(-c5ccc(C(C)C)cc5)cccc43)[CH]3CCCC[CH]32)cc1.[Cl-].[Cl-]. The van der Waals surface area contributed by atoms with E-state index in [1.54, 1.807) is 22.3 Å². The van der Waals surface area contributed by atoms with Gasteiger partial charge in [-0.2, -0.15) is 0 Å². The molecule has 0 bridgehead atoms. The number of halogens is 2. The molecular formula is C54H64Cl2Hf. The van der Waals surface area contributed by atoms with Crippen molar-refractivity contribution in [1.82, 2.24) is 0 Å². The molecule has 10 rings (SSSR count). The third-order valence-electron chi connectivity index (χ3n) is 16.1. The largest absolute Gasteiger partial charge is 1.00 e. The monoisotopic (exact) mass is 962 g/mol. The van der Waals surface area contributed by atoms with Crippen LogP contribution in [0.3, 0.4) is 0 Å². The van der Waals surface area contributed by atoms with Gasteiger partial charge in [-0.1, -0.05) is 0 Å². The first-order chi connectivity index (χ1) is 26.9. The molecule has 0 radical (unpaired) electrons. The van der Waals surface area contributed by atoms with Crippen LogP contribution in [0.25, 0.3) is 34.4 Å². The van der Waals surface area contributed by atoms with Gasteiger partial charge in [0, 0.05) is 0 Å². The van der Waals surface area contributed by atoms with Crippen molar-refractivity contribution in [3.05, 3.63) is 129 Å². The average Bonchev–Trinajstić information content (AvgIpc) is 3.49. The van der Waals surface area contributed by atoms with Gasteiger partial charge in [-0.05, 0) is 0 Å². The van der Waals surface area contributed by atoms with Gasteiger partial charge in [0.25, 0.3) is 0 Å². The van der Waals surface area contributed by atoms with Gasteiger partial charge < -0.3 is 24.8 Å². The Morgan fingerprint density at radius 2 is 0.807 bits per heavy atom. The molecule has 1 heterocycles.